The fraction of sp³-hybridized carbons (Fsp3) is 0.308. The Morgan fingerprint density at radius 2 is 1.31 bits per heavy atom. The van der Waals surface area contributed by atoms with Gasteiger partial charge in [-0.05, 0) is 61.2 Å². The number of aryl methyl sites for hydroxylation is 2. The average molecular weight is 697 g/mol. The Balaban J connectivity index is 0.000000166. The Hall–Kier alpha value is -5.91. The number of benzene rings is 4. The third-order valence-corrected chi connectivity index (χ3v) is 9.94. The molecule has 0 radical (unpaired) electrons. The minimum Gasteiger partial charge on any atom is -0.507 e. The van der Waals surface area contributed by atoms with Gasteiger partial charge in [0, 0.05) is 23.6 Å². The van der Waals surface area contributed by atoms with E-state index in [1.165, 1.54) is 13.8 Å². The van der Waals surface area contributed by atoms with E-state index in [-0.39, 0.29) is 51.4 Å². The van der Waals surface area contributed by atoms with Gasteiger partial charge in [0.15, 0.2) is 17.3 Å². The Labute approximate surface area is 292 Å². The van der Waals surface area contributed by atoms with Crippen molar-refractivity contribution in [2.24, 2.45) is 5.92 Å². The first kappa shape index (κ1) is 33.6. The summed E-state index contributed by atoms with van der Waals surface area (Å²) in [6, 6.07) is 9.64. The molecular weight excluding hydrogens is 660 g/mol. The number of ketones is 3. The van der Waals surface area contributed by atoms with E-state index in [1.54, 1.807) is 20.3 Å². The largest absolute Gasteiger partial charge is 0.507 e. The van der Waals surface area contributed by atoms with E-state index >= 15 is 0 Å². The van der Waals surface area contributed by atoms with E-state index in [0.29, 0.717) is 41.1 Å². The van der Waals surface area contributed by atoms with E-state index in [2.05, 4.69) is 13.8 Å². The Morgan fingerprint density at radius 1 is 0.745 bits per heavy atom. The van der Waals surface area contributed by atoms with Crippen LogP contribution in [0.1, 0.15) is 84.2 Å². The van der Waals surface area contributed by atoms with Crippen molar-refractivity contribution in [3.8, 4) is 51.7 Å². The monoisotopic (exact) mass is 696 g/mol. The van der Waals surface area contributed by atoms with Crippen molar-refractivity contribution >= 4 is 17.3 Å². The van der Waals surface area contributed by atoms with E-state index < -0.39 is 40.5 Å². The molecule has 0 saturated carbocycles. The highest BCUT2D eigenvalue weighted by Gasteiger charge is 2.46. The number of hydrogen-bond donors (Lipinski definition) is 4. The van der Waals surface area contributed by atoms with Gasteiger partial charge >= 0.3 is 0 Å². The summed E-state index contributed by atoms with van der Waals surface area (Å²) in [7, 11) is 3.16. The molecule has 12 heteroatoms. The number of aromatic hydroxyl groups is 4. The molecule has 4 N–H and O–H groups in total. The standard InChI is InChI=1S/C23H24O6.C16H12O6/c1-11(2)16-8-14-15(28-16)6-5-12-22(24)21-13-7-18(25-3)19(26-4)9-17(13)27-10-20(21)29-23(12)14;1-5-3-7(17)9-11(13(5)19)15(21)10-8(18)4-6(2)14(20)12(10)16(9)22/h5-7,9,11,16,20-21H,8,10H2,1-4H3;3-4,17-20H,1-2H3. The topological polar surface area (TPSA) is 178 Å². The van der Waals surface area contributed by atoms with Gasteiger partial charge in [0.2, 0.25) is 11.6 Å². The Morgan fingerprint density at radius 3 is 1.86 bits per heavy atom. The van der Waals surface area contributed by atoms with Crippen LogP contribution in [0.25, 0.3) is 0 Å². The fourth-order valence-electron chi connectivity index (χ4n) is 7.19. The van der Waals surface area contributed by atoms with E-state index in [9.17, 15) is 34.8 Å². The van der Waals surface area contributed by atoms with Crippen molar-refractivity contribution < 1.29 is 58.5 Å². The number of carbonyl (C=O) groups excluding carboxylic acids is 3. The summed E-state index contributed by atoms with van der Waals surface area (Å²) < 4.78 is 29.2. The maximum Gasteiger partial charge on any atom is 0.202 e. The smallest absolute Gasteiger partial charge is 0.202 e. The summed E-state index contributed by atoms with van der Waals surface area (Å²) in [6.07, 6.45) is 0.474. The van der Waals surface area contributed by atoms with E-state index in [0.717, 1.165) is 35.4 Å². The van der Waals surface area contributed by atoms with Gasteiger partial charge in [-0.3, -0.25) is 14.4 Å². The molecule has 0 fully saturated rings. The molecule has 0 saturated heterocycles. The second-order valence-electron chi connectivity index (χ2n) is 13.4. The lowest BCUT2D eigenvalue weighted by Crippen LogP contribution is -2.43. The number of hydrogen-bond acceptors (Lipinski definition) is 12. The minimum absolute atomic E-state index is 0.0452. The molecule has 3 unspecified atom stereocenters. The number of fused-ring (bicyclic) bond motifs is 8. The highest BCUT2D eigenvalue weighted by molar-refractivity contribution is 6.32. The third kappa shape index (κ3) is 5.07. The first-order chi connectivity index (χ1) is 24.3. The lowest BCUT2D eigenvalue weighted by molar-refractivity contribution is 0.0554. The molecule has 4 aromatic rings. The highest BCUT2D eigenvalue weighted by atomic mass is 16.5. The van der Waals surface area contributed by atoms with Gasteiger partial charge < -0.3 is 44.1 Å². The van der Waals surface area contributed by atoms with Crippen LogP contribution in [0.2, 0.25) is 0 Å². The van der Waals surface area contributed by atoms with Crippen LogP contribution in [-0.4, -0.2) is 70.8 Å². The van der Waals surface area contributed by atoms with Crippen LogP contribution in [0.15, 0.2) is 36.4 Å². The van der Waals surface area contributed by atoms with E-state index in [1.807, 2.05) is 18.2 Å². The predicted octanol–water partition coefficient (Wildman–Crippen LogP) is 5.68. The summed E-state index contributed by atoms with van der Waals surface area (Å²) in [4.78, 5) is 38.7. The predicted molar refractivity (Wildman–Crippen MR) is 182 cm³/mol. The van der Waals surface area contributed by atoms with Crippen molar-refractivity contribution in [3.63, 3.8) is 0 Å². The third-order valence-electron chi connectivity index (χ3n) is 9.94. The molecule has 3 aliphatic heterocycles. The van der Waals surface area contributed by atoms with E-state index in [4.69, 9.17) is 23.7 Å². The van der Waals surface area contributed by atoms with Crippen LogP contribution >= 0.6 is 0 Å². The molecule has 0 aromatic heterocycles. The fourth-order valence-corrected chi connectivity index (χ4v) is 7.19. The van der Waals surface area contributed by atoms with Crippen molar-refractivity contribution in [1.82, 2.24) is 0 Å². The number of Topliss-reactive ketones (excluding diaryl/α,β-unsaturated/α-hetero) is 1. The second-order valence-corrected chi connectivity index (χ2v) is 13.4. The van der Waals surface area contributed by atoms with Gasteiger partial charge in [-0.1, -0.05) is 13.8 Å². The molecule has 51 heavy (non-hydrogen) atoms. The molecule has 3 atom stereocenters. The molecule has 0 bridgehead atoms. The van der Waals surface area contributed by atoms with Crippen LogP contribution in [0, 0.1) is 19.8 Å². The lowest BCUT2D eigenvalue weighted by Gasteiger charge is -2.37. The summed E-state index contributed by atoms with van der Waals surface area (Å²) in [5.74, 6) is -0.205. The van der Waals surface area contributed by atoms with Gasteiger partial charge in [0.05, 0.1) is 48.0 Å². The number of phenols is 4. The quantitative estimate of drug-likeness (QED) is 0.170. The lowest BCUT2D eigenvalue weighted by atomic mass is 9.80. The van der Waals surface area contributed by atoms with Gasteiger partial charge in [-0.15, -0.1) is 0 Å². The summed E-state index contributed by atoms with van der Waals surface area (Å²) in [5, 5.41) is 40.1. The molecule has 264 valence electrons. The SMILES string of the molecule is COc1cc2c(cc1OC)C1C(=O)c3ccc4c(c3OC1CO2)CC(C(C)C)O4.Cc1cc(O)c2c(c1O)C(=O)c1c(O)cc(C)c(O)c1C2=O. The zero-order valence-corrected chi connectivity index (χ0v) is 28.7. The molecule has 8 rings (SSSR count). The zero-order chi connectivity index (χ0) is 36.6. The molecule has 3 heterocycles. The first-order valence-corrected chi connectivity index (χ1v) is 16.4. The van der Waals surface area contributed by atoms with Crippen molar-refractivity contribution in [2.75, 3.05) is 20.8 Å². The summed E-state index contributed by atoms with van der Waals surface area (Å²) in [6.45, 7) is 7.51. The molecule has 1 aliphatic carbocycles. The normalized spacial score (nSPS) is 19.1. The number of phenolic OH excluding ortho intramolecular Hbond substituents is 4. The summed E-state index contributed by atoms with van der Waals surface area (Å²) in [5.41, 5.74) is 1.33. The number of ether oxygens (including phenoxy) is 5. The Kier molecular flexibility index (Phi) is 8.00. The molecule has 4 aliphatic rings. The Bertz CT molecular complexity index is 2110. The van der Waals surface area contributed by atoms with Gasteiger partial charge in [0.25, 0.3) is 0 Å². The van der Waals surface area contributed by atoms with Gasteiger partial charge in [-0.2, -0.15) is 0 Å². The first-order valence-electron chi connectivity index (χ1n) is 16.4. The summed E-state index contributed by atoms with van der Waals surface area (Å²) >= 11 is 0. The van der Waals surface area contributed by atoms with Crippen molar-refractivity contribution in [3.05, 3.63) is 86.5 Å². The van der Waals surface area contributed by atoms with Crippen molar-refractivity contribution in [1.29, 1.82) is 0 Å². The highest BCUT2D eigenvalue weighted by Crippen LogP contribution is 2.50. The minimum atomic E-state index is -0.825. The molecule has 0 amide bonds. The maximum absolute atomic E-state index is 13.5. The maximum atomic E-state index is 13.5. The molecule has 4 aromatic carbocycles. The van der Waals surface area contributed by atoms with Gasteiger partial charge in [0.1, 0.15) is 59.1 Å². The zero-order valence-electron chi connectivity index (χ0n) is 28.7. The van der Waals surface area contributed by atoms with Crippen LogP contribution in [0.4, 0.5) is 0 Å². The van der Waals surface area contributed by atoms with Crippen LogP contribution in [-0.2, 0) is 6.42 Å². The molecule has 0 spiro atoms. The van der Waals surface area contributed by atoms with Crippen LogP contribution in [0.3, 0.4) is 0 Å². The van der Waals surface area contributed by atoms with Crippen LogP contribution in [0.5, 0.6) is 51.7 Å². The number of methoxy groups -OCH3 is 2. The van der Waals surface area contributed by atoms with Crippen LogP contribution < -0.4 is 23.7 Å². The second kappa shape index (κ2) is 12.1. The molecule has 12 nitrogen and oxygen atoms in total. The number of carbonyl (C=O) groups is 3. The number of rotatable bonds is 3. The van der Waals surface area contributed by atoms with Gasteiger partial charge in [-0.25, -0.2) is 0 Å². The molecular formula is C39H36O12. The average Bonchev–Trinajstić information content (AvgIpc) is 3.55. The van der Waals surface area contributed by atoms with Crippen molar-refractivity contribution in [2.45, 2.75) is 52.2 Å².